The molecule has 0 spiro atoms. The summed E-state index contributed by atoms with van der Waals surface area (Å²) in [6.45, 7) is 6.18. The summed E-state index contributed by atoms with van der Waals surface area (Å²) in [5.41, 5.74) is 5.89. The first-order chi connectivity index (χ1) is 12.9. The Bertz CT molecular complexity index is 773. The molecule has 2 aliphatic carbocycles. The largest absolute Gasteiger partial charge is 0.332 e. The molecule has 1 aromatic carbocycles. The summed E-state index contributed by atoms with van der Waals surface area (Å²) in [6, 6.07) is 1.65. The van der Waals surface area contributed by atoms with Crippen molar-refractivity contribution in [3.8, 4) is 0 Å². The average Bonchev–Trinajstić information content (AvgIpc) is 3.26. The molecule has 0 bridgehead atoms. The summed E-state index contributed by atoms with van der Waals surface area (Å²) in [5.74, 6) is -0.0702. The molecule has 0 aromatic heterocycles. The van der Waals surface area contributed by atoms with E-state index in [0.717, 1.165) is 63.7 Å². The lowest BCUT2D eigenvalue weighted by molar-refractivity contribution is 0.256. The molecule has 0 radical (unpaired) electrons. The lowest BCUT2D eigenvalue weighted by Gasteiger charge is -2.20. The van der Waals surface area contributed by atoms with Gasteiger partial charge in [0.25, 0.3) is 0 Å². The fourth-order valence-corrected chi connectivity index (χ4v) is 5.23. The van der Waals surface area contributed by atoms with Crippen LogP contribution in [-0.2, 0) is 35.7 Å². The van der Waals surface area contributed by atoms with Crippen LogP contribution in [-0.4, -0.2) is 44.7 Å². The minimum atomic E-state index is -3.66. The van der Waals surface area contributed by atoms with E-state index in [4.69, 9.17) is 0 Å². The van der Waals surface area contributed by atoms with Crippen molar-refractivity contribution in [1.29, 1.82) is 0 Å². The van der Waals surface area contributed by atoms with E-state index >= 15 is 0 Å². The van der Waals surface area contributed by atoms with Gasteiger partial charge in [0.15, 0.2) is 0 Å². The van der Waals surface area contributed by atoms with E-state index in [-0.39, 0.29) is 5.75 Å². The molecule has 150 valence electrons. The SMILES string of the molecule is CCCN(CC)CCS(=O)(=O)NC(=O)Nc1c2c(cc3c1CCC3)CCC2. The molecule has 0 atom stereocenters. The van der Waals surface area contributed by atoms with Gasteiger partial charge in [0.1, 0.15) is 0 Å². The normalized spacial score (nSPS) is 15.7. The Hall–Kier alpha value is -1.60. The van der Waals surface area contributed by atoms with Gasteiger partial charge in [-0.2, -0.15) is 0 Å². The number of urea groups is 1. The molecular weight excluding hydrogens is 362 g/mol. The summed E-state index contributed by atoms with van der Waals surface area (Å²) >= 11 is 0. The zero-order chi connectivity index (χ0) is 19.4. The molecule has 1 aromatic rings. The van der Waals surface area contributed by atoms with Crippen molar-refractivity contribution >= 4 is 21.7 Å². The summed E-state index contributed by atoms with van der Waals surface area (Å²) in [7, 11) is -3.66. The second kappa shape index (κ2) is 8.61. The van der Waals surface area contributed by atoms with Gasteiger partial charge in [-0.15, -0.1) is 0 Å². The molecule has 0 heterocycles. The Labute approximate surface area is 162 Å². The molecule has 7 heteroatoms. The zero-order valence-electron chi connectivity index (χ0n) is 16.4. The van der Waals surface area contributed by atoms with E-state index in [0.29, 0.717) is 6.54 Å². The molecule has 2 aliphatic rings. The van der Waals surface area contributed by atoms with E-state index in [1.165, 1.54) is 22.3 Å². The molecule has 0 saturated heterocycles. The average molecular weight is 394 g/mol. The number of amides is 2. The van der Waals surface area contributed by atoms with Gasteiger partial charge >= 0.3 is 6.03 Å². The summed E-state index contributed by atoms with van der Waals surface area (Å²) in [4.78, 5) is 14.5. The maximum Gasteiger partial charge on any atom is 0.332 e. The Morgan fingerprint density at radius 2 is 1.67 bits per heavy atom. The fourth-order valence-electron chi connectivity index (χ4n) is 4.29. The standard InChI is InChI=1S/C20H31N3O3S/c1-3-11-23(4-2)12-13-27(25,26)22-20(24)21-19-17-9-5-7-15(17)14-16-8-6-10-18(16)19/h14H,3-13H2,1-2H3,(H2,21,22,24). The number of nitrogens with zero attached hydrogens (tertiary/aromatic N) is 1. The molecule has 27 heavy (non-hydrogen) atoms. The highest BCUT2D eigenvalue weighted by Gasteiger charge is 2.26. The minimum Gasteiger partial charge on any atom is -0.307 e. The first-order valence-electron chi connectivity index (χ1n) is 10.1. The van der Waals surface area contributed by atoms with Crippen LogP contribution >= 0.6 is 0 Å². The summed E-state index contributed by atoms with van der Waals surface area (Å²) in [6.07, 6.45) is 7.16. The number of nitrogens with one attached hydrogen (secondary N) is 2. The van der Waals surface area contributed by atoms with Gasteiger partial charge in [-0.05, 0) is 80.3 Å². The van der Waals surface area contributed by atoms with Crippen LogP contribution in [0.3, 0.4) is 0 Å². The number of hydrogen-bond acceptors (Lipinski definition) is 4. The summed E-state index contributed by atoms with van der Waals surface area (Å²) in [5, 5.41) is 2.88. The predicted octanol–water partition coefficient (Wildman–Crippen LogP) is 2.85. The monoisotopic (exact) mass is 393 g/mol. The van der Waals surface area contributed by atoms with E-state index in [2.05, 4.69) is 27.9 Å². The van der Waals surface area contributed by atoms with Gasteiger partial charge < -0.3 is 10.2 Å². The molecular formula is C20H31N3O3S. The van der Waals surface area contributed by atoms with Crippen LogP contribution in [0.5, 0.6) is 0 Å². The number of benzene rings is 1. The van der Waals surface area contributed by atoms with Crippen molar-refractivity contribution in [2.24, 2.45) is 0 Å². The van der Waals surface area contributed by atoms with E-state index < -0.39 is 16.1 Å². The second-order valence-corrected chi connectivity index (χ2v) is 9.39. The molecule has 0 unspecified atom stereocenters. The van der Waals surface area contributed by atoms with Crippen molar-refractivity contribution in [1.82, 2.24) is 9.62 Å². The molecule has 6 nitrogen and oxygen atoms in total. The van der Waals surface area contributed by atoms with E-state index in [9.17, 15) is 13.2 Å². The number of sulfonamides is 1. The maximum absolute atomic E-state index is 12.5. The number of hydrogen-bond donors (Lipinski definition) is 2. The Morgan fingerprint density at radius 1 is 1.04 bits per heavy atom. The third kappa shape index (κ3) is 4.82. The lowest BCUT2D eigenvalue weighted by Crippen LogP contribution is -2.40. The number of fused-ring (bicyclic) bond motifs is 2. The molecule has 0 fully saturated rings. The minimum absolute atomic E-state index is 0.0702. The highest BCUT2D eigenvalue weighted by atomic mass is 32.2. The Kier molecular flexibility index (Phi) is 6.42. The van der Waals surface area contributed by atoms with Crippen LogP contribution in [0, 0.1) is 0 Å². The topological polar surface area (TPSA) is 78.5 Å². The quantitative estimate of drug-likeness (QED) is 0.712. The van der Waals surface area contributed by atoms with Gasteiger partial charge in [0, 0.05) is 12.2 Å². The van der Waals surface area contributed by atoms with Gasteiger partial charge in [-0.1, -0.05) is 19.9 Å². The lowest BCUT2D eigenvalue weighted by atomic mass is 9.99. The zero-order valence-corrected chi connectivity index (χ0v) is 17.3. The van der Waals surface area contributed by atoms with Crippen LogP contribution in [0.25, 0.3) is 0 Å². The van der Waals surface area contributed by atoms with Crippen molar-refractivity contribution in [2.45, 2.75) is 58.8 Å². The van der Waals surface area contributed by atoms with Gasteiger partial charge in [-0.3, -0.25) is 0 Å². The van der Waals surface area contributed by atoms with E-state index in [1.54, 1.807) is 0 Å². The van der Waals surface area contributed by atoms with Crippen molar-refractivity contribution < 1.29 is 13.2 Å². The van der Waals surface area contributed by atoms with Crippen molar-refractivity contribution in [2.75, 3.05) is 30.7 Å². The first-order valence-corrected chi connectivity index (χ1v) is 11.8. The molecule has 0 aliphatic heterocycles. The molecule has 2 amide bonds. The van der Waals surface area contributed by atoms with Crippen LogP contribution in [0.2, 0.25) is 0 Å². The van der Waals surface area contributed by atoms with Crippen LogP contribution in [0.1, 0.15) is 55.4 Å². The molecule has 0 saturated carbocycles. The van der Waals surface area contributed by atoms with Crippen molar-refractivity contribution in [3.63, 3.8) is 0 Å². The Morgan fingerprint density at radius 3 is 2.22 bits per heavy atom. The maximum atomic E-state index is 12.5. The highest BCUT2D eigenvalue weighted by Crippen LogP contribution is 2.38. The third-order valence-corrected chi connectivity index (χ3v) is 6.84. The molecule has 2 N–H and O–H groups in total. The molecule has 3 rings (SSSR count). The number of carbonyl (C=O) groups excluding carboxylic acids is 1. The van der Waals surface area contributed by atoms with Gasteiger partial charge in [0.2, 0.25) is 10.0 Å². The number of carbonyl (C=O) groups is 1. The number of rotatable bonds is 8. The van der Waals surface area contributed by atoms with Crippen LogP contribution in [0.15, 0.2) is 6.07 Å². The fraction of sp³-hybridized carbons (Fsp3) is 0.650. The van der Waals surface area contributed by atoms with Crippen LogP contribution in [0.4, 0.5) is 10.5 Å². The smallest absolute Gasteiger partial charge is 0.307 e. The van der Waals surface area contributed by atoms with Crippen LogP contribution < -0.4 is 10.0 Å². The third-order valence-electron chi connectivity index (χ3n) is 5.62. The first kappa shape index (κ1) is 20.1. The van der Waals surface area contributed by atoms with E-state index in [1.807, 2.05) is 6.92 Å². The predicted molar refractivity (Wildman–Crippen MR) is 109 cm³/mol. The van der Waals surface area contributed by atoms with Crippen molar-refractivity contribution in [3.05, 3.63) is 28.3 Å². The highest BCUT2D eigenvalue weighted by molar-refractivity contribution is 7.90. The number of aryl methyl sites for hydroxylation is 2. The van der Waals surface area contributed by atoms with Gasteiger partial charge in [-0.25, -0.2) is 17.9 Å². The van der Waals surface area contributed by atoms with Gasteiger partial charge in [0.05, 0.1) is 5.75 Å². The Balaban J connectivity index is 1.66. The number of anilines is 1. The summed E-state index contributed by atoms with van der Waals surface area (Å²) < 4.78 is 26.9. The second-order valence-electron chi connectivity index (χ2n) is 7.54.